The number of hydrogen-bond donors (Lipinski definition) is 1. The van der Waals surface area contributed by atoms with Crippen LogP contribution < -0.4 is 5.73 Å². The maximum Gasteiger partial charge on any atom is 0.406 e. The predicted octanol–water partition coefficient (Wildman–Crippen LogP) is 1.30. The molecule has 7 heteroatoms. The summed E-state index contributed by atoms with van der Waals surface area (Å²) in [6, 6.07) is 2.69. The first-order valence-electron chi connectivity index (χ1n) is 4.33. The molecule has 0 bridgehead atoms. The number of nitrogen functional groups attached to an aromatic ring is 1. The lowest BCUT2D eigenvalue weighted by molar-refractivity contribution is -0.138. The van der Waals surface area contributed by atoms with Crippen molar-refractivity contribution < 1.29 is 18.0 Å². The van der Waals surface area contributed by atoms with Crippen LogP contribution in [0.25, 0.3) is 0 Å². The molecule has 0 aliphatic rings. The molecule has 4 nitrogen and oxygen atoms in total. The Hall–Kier alpha value is -1.79. The molecule has 0 saturated carbocycles. The van der Waals surface area contributed by atoms with Crippen molar-refractivity contribution in [1.29, 1.82) is 0 Å². The molecule has 0 spiro atoms. The van der Waals surface area contributed by atoms with Gasteiger partial charge in [0.25, 0.3) is 5.91 Å². The summed E-state index contributed by atoms with van der Waals surface area (Å²) in [5.41, 5.74) is 5.61. The summed E-state index contributed by atoms with van der Waals surface area (Å²) in [5, 5.41) is 0. The zero-order chi connectivity index (χ0) is 12.3. The Morgan fingerprint density at radius 3 is 2.56 bits per heavy atom. The zero-order valence-electron chi connectivity index (χ0n) is 8.45. The van der Waals surface area contributed by atoms with E-state index in [1.807, 2.05) is 0 Å². The van der Waals surface area contributed by atoms with Crippen LogP contribution in [0.3, 0.4) is 0 Å². The minimum atomic E-state index is -4.42. The molecule has 0 saturated heterocycles. The highest BCUT2D eigenvalue weighted by molar-refractivity contribution is 5.92. The van der Waals surface area contributed by atoms with Gasteiger partial charge >= 0.3 is 6.18 Å². The van der Waals surface area contributed by atoms with Crippen LogP contribution in [0, 0.1) is 0 Å². The average molecular weight is 233 g/mol. The first kappa shape index (κ1) is 12.3. The second-order valence-corrected chi connectivity index (χ2v) is 3.25. The van der Waals surface area contributed by atoms with Crippen molar-refractivity contribution in [3.63, 3.8) is 0 Å². The highest BCUT2D eigenvalue weighted by atomic mass is 19.4. The molecule has 1 heterocycles. The molecular formula is C9H10F3N3O. The van der Waals surface area contributed by atoms with Crippen molar-refractivity contribution in [3.05, 3.63) is 24.0 Å². The van der Waals surface area contributed by atoms with Gasteiger partial charge in [-0.1, -0.05) is 0 Å². The van der Waals surface area contributed by atoms with Crippen LogP contribution in [0.1, 0.15) is 10.5 Å². The van der Waals surface area contributed by atoms with Gasteiger partial charge in [-0.3, -0.25) is 4.79 Å². The number of amides is 1. The topological polar surface area (TPSA) is 59.2 Å². The number of aromatic nitrogens is 1. The second-order valence-electron chi connectivity index (χ2n) is 3.25. The Morgan fingerprint density at radius 2 is 2.12 bits per heavy atom. The lowest BCUT2D eigenvalue weighted by Gasteiger charge is -2.18. The van der Waals surface area contributed by atoms with E-state index in [0.29, 0.717) is 10.6 Å². The molecule has 1 aromatic rings. The smallest absolute Gasteiger partial charge is 0.397 e. The number of nitrogens with zero attached hydrogens (tertiary/aromatic N) is 2. The van der Waals surface area contributed by atoms with Crippen molar-refractivity contribution in [2.75, 3.05) is 19.3 Å². The van der Waals surface area contributed by atoms with Gasteiger partial charge in [0, 0.05) is 7.05 Å². The van der Waals surface area contributed by atoms with Crippen LogP contribution in [0.15, 0.2) is 18.3 Å². The third kappa shape index (κ3) is 3.41. The molecule has 0 atom stereocenters. The number of halogens is 3. The van der Waals surface area contributed by atoms with E-state index >= 15 is 0 Å². The van der Waals surface area contributed by atoms with Gasteiger partial charge in [-0.15, -0.1) is 0 Å². The second kappa shape index (κ2) is 4.38. The van der Waals surface area contributed by atoms with Crippen LogP contribution in [0.2, 0.25) is 0 Å². The number of anilines is 1. The Bertz CT molecular complexity index is 375. The van der Waals surface area contributed by atoms with Gasteiger partial charge in [0.15, 0.2) is 0 Å². The fourth-order valence-corrected chi connectivity index (χ4v) is 1.07. The Balaban J connectivity index is 2.74. The van der Waals surface area contributed by atoms with E-state index in [9.17, 15) is 18.0 Å². The molecule has 0 aliphatic heterocycles. The van der Waals surface area contributed by atoms with Crippen LogP contribution >= 0.6 is 0 Å². The maximum atomic E-state index is 12.0. The standard InChI is InChI=1S/C9H10F3N3O/c1-15(5-9(10,11)12)8(16)7-3-2-6(13)4-14-7/h2-4H,5,13H2,1H3. The summed E-state index contributed by atoms with van der Waals surface area (Å²) >= 11 is 0. The number of carbonyl (C=O) groups is 1. The fourth-order valence-electron chi connectivity index (χ4n) is 1.07. The van der Waals surface area contributed by atoms with Crippen molar-refractivity contribution in [2.24, 2.45) is 0 Å². The Labute approximate surface area is 89.9 Å². The van der Waals surface area contributed by atoms with Gasteiger partial charge < -0.3 is 10.6 Å². The van der Waals surface area contributed by atoms with Crippen LogP contribution in [-0.2, 0) is 0 Å². The number of carbonyl (C=O) groups excluding carboxylic acids is 1. The number of pyridine rings is 1. The molecule has 0 unspecified atom stereocenters. The minimum Gasteiger partial charge on any atom is -0.397 e. The van der Waals surface area contributed by atoms with E-state index in [4.69, 9.17) is 5.73 Å². The molecule has 0 fully saturated rings. The van der Waals surface area contributed by atoms with Gasteiger partial charge in [-0.25, -0.2) is 4.98 Å². The Morgan fingerprint density at radius 1 is 1.50 bits per heavy atom. The Kier molecular flexibility index (Phi) is 3.36. The molecule has 16 heavy (non-hydrogen) atoms. The molecule has 2 N–H and O–H groups in total. The molecule has 0 aliphatic carbocycles. The number of rotatable bonds is 2. The maximum absolute atomic E-state index is 12.0. The molecule has 1 amide bonds. The minimum absolute atomic E-state index is 0.0686. The summed E-state index contributed by atoms with van der Waals surface area (Å²) in [4.78, 5) is 15.7. The lowest BCUT2D eigenvalue weighted by atomic mass is 10.3. The highest BCUT2D eigenvalue weighted by Gasteiger charge is 2.31. The van der Waals surface area contributed by atoms with E-state index in [2.05, 4.69) is 4.98 Å². The summed E-state index contributed by atoms with van der Waals surface area (Å²) in [7, 11) is 1.06. The first-order valence-corrected chi connectivity index (χ1v) is 4.33. The van der Waals surface area contributed by atoms with Crippen molar-refractivity contribution in [2.45, 2.75) is 6.18 Å². The normalized spacial score (nSPS) is 11.2. The monoisotopic (exact) mass is 233 g/mol. The molecule has 1 aromatic heterocycles. The molecule has 88 valence electrons. The summed E-state index contributed by atoms with van der Waals surface area (Å²) < 4.78 is 36.0. The van der Waals surface area contributed by atoms with Crippen molar-refractivity contribution in [1.82, 2.24) is 9.88 Å². The van der Waals surface area contributed by atoms with Gasteiger partial charge in [-0.05, 0) is 12.1 Å². The van der Waals surface area contributed by atoms with Crippen LogP contribution in [-0.4, -0.2) is 35.6 Å². The van der Waals surface area contributed by atoms with Gasteiger partial charge in [0.05, 0.1) is 11.9 Å². The molecular weight excluding hydrogens is 223 g/mol. The van der Waals surface area contributed by atoms with E-state index in [1.165, 1.54) is 18.3 Å². The molecule has 0 aromatic carbocycles. The van der Waals surface area contributed by atoms with Crippen LogP contribution in [0.4, 0.5) is 18.9 Å². The van der Waals surface area contributed by atoms with E-state index in [-0.39, 0.29) is 5.69 Å². The average Bonchev–Trinajstić information content (AvgIpc) is 2.15. The SMILES string of the molecule is CN(CC(F)(F)F)C(=O)c1ccc(N)cn1. The number of alkyl halides is 3. The number of nitrogens with two attached hydrogens (primary N) is 1. The summed E-state index contributed by atoms with van der Waals surface area (Å²) in [6.45, 7) is -1.31. The zero-order valence-corrected chi connectivity index (χ0v) is 8.45. The van der Waals surface area contributed by atoms with Gasteiger partial charge in [0.1, 0.15) is 12.2 Å². The third-order valence-corrected chi connectivity index (χ3v) is 1.77. The molecule has 0 radical (unpaired) electrons. The van der Waals surface area contributed by atoms with E-state index < -0.39 is 18.6 Å². The number of hydrogen-bond acceptors (Lipinski definition) is 3. The van der Waals surface area contributed by atoms with Gasteiger partial charge in [0.2, 0.25) is 0 Å². The lowest BCUT2D eigenvalue weighted by Crippen LogP contribution is -2.36. The van der Waals surface area contributed by atoms with Crippen molar-refractivity contribution in [3.8, 4) is 0 Å². The van der Waals surface area contributed by atoms with E-state index in [0.717, 1.165) is 7.05 Å². The first-order chi connectivity index (χ1) is 7.29. The van der Waals surface area contributed by atoms with Gasteiger partial charge in [-0.2, -0.15) is 13.2 Å². The summed E-state index contributed by atoms with van der Waals surface area (Å²) in [5.74, 6) is -0.794. The highest BCUT2D eigenvalue weighted by Crippen LogP contribution is 2.16. The van der Waals surface area contributed by atoms with Crippen LogP contribution in [0.5, 0.6) is 0 Å². The predicted molar refractivity (Wildman–Crippen MR) is 51.7 cm³/mol. The quantitative estimate of drug-likeness (QED) is 0.837. The summed E-state index contributed by atoms with van der Waals surface area (Å²) in [6.07, 6.45) is -3.20. The third-order valence-electron chi connectivity index (χ3n) is 1.77. The fraction of sp³-hybridized carbons (Fsp3) is 0.333. The molecule has 1 rings (SSSR count). The largest absolute Gasteiger partial charge is 0.406 e. The van der Waals surface area contributed by atoms with E-state index in [1.54, 1.807) is 0 Å². The van der Waals surface area contributed by atoms with Crippen molar-refractivity contribution >= 4 is 11.6 Å².